The summed E-state index contributed by atoms with van der Waals surface area (Å²) in [6.45, 7) is 3.71. The Bertz CT molecular complexity index is 1040. The number of hydrogen-bond acceptors (Lipinski definition) is 7. The summed E-state index contributed by atoms with van der Waals surface area (Å²) in [5, 5.41) is 9.52. The molecule has 32 heavy (non-hydrogen) atoms. The second-order valence-corrected chi connectivity index (χ2v) is 7.41. The molecule has 3 aromatic rings. The van der Waals surface area contributed by atoms with Gasteiger partial charge >= 0.3 is 12.3 Å². The lowest BCUT2D eigenvalue weighted by Gasteiger charge is -2.26. The Morgan fingerprint density at radius 3 is 1.91 bits per heavy atom. The smallest absolute Gasteiger partial charge is 0.508 e. The van der Waals surface area contributed by atoms with E-state index in [0.717, 1.165) is 11.1 Å². The first-order chi connectivity index (χ1) is 15.3. The first-order valence-corrected chi connectivity index (χ1v) is 9.99. The zero-order valence-electron chi connectivity index (χ0n) is 17.8. The SMILES string of the molecule is CC(C)(c1ccc(O)cc1)c1cccc(OC(=O)OCCOC(=O)Oc2ccccc2)c1. The molecule has 7 heteroatoms. The summed E-state index contributed by atoms with van der Waals surface area (Å²) < 4.78 is 20.0. The van der Waals surface area contributed by atoms with Crippen molar-refractivity contribution in [3.05, 3.63) is 90.0 Å². The molecule has 0 amide bonds. The van der Waals surface area contributed by atoms with Crippen LogP contribution in [0.4, 0.5) is 9.59 Å². The first kappa shape index (κ1) is 22.7. The van der Waals surface area contributed by atoms with E-state index in [4.69, 9.17) is 18.9 Å². The minimum Gasteiger partial charge on any atom is -0.508 e. The lowest BCUT2D eigenvalue weighted by molar-refractivity contribution is 0.0542. The average Bonchev–Trinajstić information content (AvgIpc) is 2.78. The number of carbonyl (C=O) groups excluding carboxylic acids is 2. The molecule has 0 aliphatic rings. The second-order valence-electron chi connectivity index (χ2n) is 7.41. The van der Waals surface area contributed by atoms with Crippen LogP contribution in [0, 0.1) is 0 Å². The Morgan fingerprint density at radius 1 is 0.719 bits per heavy atom. The zero-order chi connectivity index (χ0) is 23.0. The van der Waals surface area contributed by atoms with Crippen molar-refractivity contribution in [2.24, 2.45) is 0 Å². The molecule has 0 spiro atoms. The molecule has 1 N–H and O–H groups in total. The van der Waals surface area contributed by atoms with E-state index in [-0.39, 0.29) is 24.4 Å². The molecule has 0 fully saturated rings. The van der Waals surface area contributed by atoms with Crippen LogP contribution in [0.15, 0.2) is 78.9 Å². The minimum absolute atomic E-state index is 0.172. The van der Waals surface area contributed by atoms with Gasteiger partial charge in [0.25, 0.3) is 0 Å². The van der Waals surface area contributed by atoms with E-state index in [1.54, 1.807) is 60.7 Å². The molecule has 0 bridgehead atoms. The zero-order valence-corrected chi connectivity index (χ0v) is 17.8. The maximum absolute atomic E-state index is 12.0. The highest BCUT2D eigenvalue weighted by Gasteiger charge is 2.24. The molecule has 0 heterocycles. The molecule has 166 valence electrons. The summed E-state index contributed by atoms with van der Waals surface area (Å²) in [6, 6.07) is 22.5. The van der Waals surface area contributed by atoms with Crippen molar-refractivity contribution >= 4 is 12.3 Å². The molecule has 7 nitrogen and oxygen atoms in total. The fourth-order valence-corrected chi connectivity index (χ4v) is 2.98. The summed E-state index contributed by atoms with van der Waals surface area (Å²) in [5.74, 6) is 0.874. The average molecular weight is 436 g/mol. The third-order valence-corrected chi connectivity index (χ3v) is 4.81. The predicted molar refractivity (Wildman–Crippen MR) is 117 cm³/mol. The van der Waals surface area contributed by atoms with Gasteiger partial charge in [-0.2, -0.15) is 0 Å². The van der Waals surface area contributed by atoms with Gasteiger partial charge in [-0.15, -0.1) is 0 Å². The number of aromatic hydroxyl groups is 1. The number of phenols is 1. The van der Waals surface area contributed by atoms with Gasteiger partial charge in [0, 0.05) is 5.41 Å². The topological polar surface area (TPSA) is 91.3 Å². The summed E-state index contributed by atoms with van der Waals surface area (Å²) in [7, 11) is 0. The molecule has 0 atom stereocenters. The number of phenolic OH excluding ortho intramolecular Hbond substituents is 1. The van der Waals surface area contributed by atoms with Gasteiger partial charge in [-0.1, -0.05) is 56.3 Å². The van der Waals surface area contributed by atoms with Crippen molar-refractivity contribution in [2.75, 3.05) is 13.2 Å². The molecule has 0 aromatic heterocycles. The normalized spacial score (nSPS) is 10.8. The number of carbonyl (C=O) groups is 2. The highest BCUT2D eigenvalue weighted by molar-refractivity contribution is 5.65. The van der Waals surface area contributed by atoms with E-state index >= 15 is 0 Å². The summed E-state index contributed by atoms with van der Waals surface area (Å²) in [4.78, 5) is 23.6. The molecular weight excluding hydrogens is 412 g/mol. The van der Waals surface area contributed by atoms with E-state index < -0.39 is 12.3 Å². The Kier molecular flexibility index (Phi) is 7.33. The van der Waals surface area contributed by atoms with Gasteiger partial charge in [-0.05, 0) is 47.5 Å². The second kappa shape index (κ2) is 10.3. The molecule has 0 unspecified atom stereocenters. The molecule has 0 saturated heterocycles. The molecule has 0 aliphatic carbocycles. The van der Waals surface area contributed by atoms with Crippen molar-refractivity contribution in [1.29, 1.82) is 0 Å². The Labute approximate surface area is 186 Å². The van der Waals surface area contributed by atoms with Crippen LogP contribution in [-0.2, 0) is 14.9 Å². The van der Waals surface area contributed by atoms with Gasteiger partial charge in [0.1, 0.15) is 30.5 Å². The van der Waals surface area contributed by atoms with Gasteiger partial charge in [-0.3, -0.25) is 0 Å². The number of hydrogen-bond donors (Lipinski definition) is 1. The Morgan fingerprint density at radius 2 is 1.28 bits per heavy atom. The monoisotopic (exact) mass is 436 g/mol. The maximum Gasteiger partial charge on any atom is 0.513 e. The standard InChI is InChI=1S/C25H24O7/c1-25(2,18-11-13-20(26)14-12-18)19-7-6-10-22(17-19)32-24(28)30-16-15-29-23(27)31-21-8-4-3-5-9-21/h3-14,17,26H,15-16H2,1-2H3. The van der Waals surface area contributed by atoms with Crippen molar-refractivity contribution in [3.8, 4) is 17.2 Å². The number of ether oxygens (including phenoxy) is 4. The number of rotatable bonds is 7. The van der Waals surface area contributed by atoms with Crippen molar-refractivity contribution in [3.63, 3.8) is 0 Å². The van der Waals surface area contributed by atoms with Crippen LogP contribution in [0.3, 0.4) is 0 Å². The van der Waals surface area contributed by atoms with Gasteiger partial charge in [0.2, 0.25) is 0 Å². The summed E-state index contributed by atoms with van der Waals surface area (Å²) in [5.41, 5.74) is 1.53. The third kappa shape index (κ3) is 6.25. The fourth-order valence-electron chi connectivity index (χ4n) is 2.98. The largest absolute Gasteiger partial charge is 0.513 e. The molecule has 0 aliphatic heterocycles. The molecule has 0 saturated carbocycles. The van der Waals surface area contributed by atoms with Crippen LogP contribution >= 0.6 is 0 Å². The van der Waals surface area contributed by atoms with Crippen LogP contribution in [-0.4, -0.2) is 30.6 Å². The highest BCUT2D eigenvalue weighted by atomic mass is 16.7. The van der Waals surface area contributed by atoms with Gasteiger partial charge in [-0.25, -0.2) is 9.59 Å². The van der Waals surface area contributed by atoms with E-state index in [2.05, 4.69) is 0 Å². The van der Waals surface area contributed by atoms with Crippen molar-refractivity contribution in [1.82, 2.24) is 0 Å². The quantitative estimate of drug-likeness (QED) is 0.299. The fraction of sp³-hybridized carbons (Fsp3) is 0.200. The van der Waals surface area contributed by atoms with Crippen LogP contribution in [0.5, 0.6) is 17.2 Å². The predicted octanol–water partition coefficient (Wildman–Crippen LogP) is 5.45. The minimum atomic E-state index is -0.912. The number of benzene rings is 3. The van der Waals surface area contributed by atoms with Gasteiger partial charge in [0.05, 0.1) is 0 Å². The van der Waals surface area contributed by atoms with Gasteiger partial charge < -0.3 is 24.1 Å². The van der Waals surface area contributed by atoms with Crippen LogP contribution in [0.25, 0.3) is 0 Å². The third-order valence-electron chi connectivity index (χ3n) is 4.81. The van der Waals surface area contributed by atoms with E-state index in [1.807, 2.05) is 32.0 Å². The number of para-hydroxylation sites is 1. The Hall–Kier alpha value is -4.00. The molecule has 3 rings (SSSR count). The maximum atomic E-state index is 12.0. The Balaban J connectivity index is 1.48. The molecule has 3 aromatic carbocycles. The van der Waals surface area contributed by atoms with Gasteiger partial charge in [0.15, 0.2) is 0 Å². The van der Waals surface area contributed by atoms with Crippen LogP contribution in [0.1, 0.15) is 25.0 Å². The van der Waals surface area contributed by atoms with E-state index in [0.29, 0.717) is 11.5 Å². The van der Waals surface area contributed by atoms with Crippen molar-refractivity contribution < 1.29 is 33.6 Å². The van der Waals surface area contributed by atoms with Crippen LogP contribution in [0.2, 0.25) is 0 Å². The van der Waals surface area contributed by atoms with E-state index in [1.165, 1.54) is 0 Å². The summed E-state index contributed by atoms with van der Waals surface area (Å²) in [6.07, 6.45) is -1.80. The molecule has 0 radical (unpaired) electrons. The first-order valence-electron chi connectivity index (χ1n) is 9.99. The lowest BCUT2D eigenvalue weighted by Crippen LogP contribution is -2.20. The summed E-state index contributed by atoms with van der Waals surface area (Å²) >= 11 is 0. The lowest BCUT2D eigenvalue weighted by atomic mass is 9.78. The highest BCUT2D eigenvalue weighted by Crippen LogP contribution is 2.34. The van der Waals surface area contributed by atoms with E-state index in [9.17, 15) is 14.7 Å². The van der Waals surface area contributed by atoms with Crippen LogP contribution < -0.4 is 9.47 Å². The van der Waals surface area contributed by atoms with Crippen molar-refractivity contribution in [2.45, 2.75) is 19.3 Å². The molecular formula is C25H24O7.